The number of thiophene rings is 1. The van der Waals surface area contributed by atoms with Crippen molar-refractivity contribution in [3.63, 3.8) is 0 Å². The molecule has 2 aromatic rings. The lowest BCUT2D eigenvalue weighted by molar-refractivity contribution is 0.103. The van der Waals surface area contributed by atoms with Crippen molar-refractivity contribution in [1.29, 1.82) is 0 Å². The predicted octanol–water partition coefficient (Wildman–Crippen LogP) is 3.11. The number of aryl methyl sites for hydroxylation is 2. The number of carbonyl (C=O) groups is 1. The summed E-state index contributed by atoms with van der Waals surface area (Å²) in [6.07, 6.45) is 6.55. The largest absolute Gasteiger partial charge is 0.368 e. The number of pyridine rings is 1. The minimum atomic E-state index is -0.0446. The van der Waals surface area contributed by atoms with Crippen LogP contribution < -0.4 is 15.5 Å². The molecule has 134 valence electrons. The fraction of sp³-hybridized carbons (Fsp3) is 0.444. The Morgan fingerprint density at radius 2 is 2.00 bits per heavy atom. The van der Waals surface area contributed by atoms with Gasteiger partial charge >= 0.3 is 0 Å². The Morgan fingerprint density at radius 1 is 1.20 bits per heavy atom. The maximum atomic E-state index is 12.5. The number of piperazine rings is 1. The smallest absolute Gasteiger partial charge is 0.266 e. The van der Waals surface area contributed by atoms with E-state index in [0.29, 0.717) is 5.82 Å². The lowest BCUT2D eigenvalue weighted by atomic mass is 9.99. The molecule has 4 rings (SSSR count). The molecule has 0 aromatic carbocycles. The van der Waals surface area contributed by atoms with Gasteiger partial charge in [0.15, 0.2) is 0 Å². The van der Waals surface area contributed by atoms with E-state index < -0.39 is 0 Å². The SMILES string of the molecule is Cl.O=C(Nc1ccc(N2CCNCC2)cn1)c1cc2c(s1)CCCC2. The van der Waals surface area contributed by atoms with E-state index in [0.717, 1.165) is 49.6 Å². The van der Waals surface area contributed by atoms with Crippen LogP contribution in [-0.2, 0) is 12.8 Å². The number of hydrogen-bond acceptors (Lipinski definition) is 5. The molecule has 0 bridgehead atoms. The summed E-state index contributed by atoms with van der Waals surface area (Å²) < 4.78 is 0. The van der Waals surface area contributed by atoms with Gasteiger partial charge in [0.1, 0.15) is 5.82 Å². The van der Waals surface area contributed by atoms with Crippen molar-refractivity contribution in [3.05, 3.63) is 39.7 Å². The van der Waals surface area contributed by atoms with Crippen LogP contribution in [0.2, 0.25) is 0 Å². The van der Waals surface area contributed by atoms with Gasteiger partial charge < -0.3 is 15.5 Å². The lowest BCUT2D eigenvalue weighted by Gasteiger charge is -2.29. The topological polar surface area (TPSA) is 57.3 Å². The highest BCUT2D eigenvalue weighted by Gasteiger charge is 2.18. The van der Waals surface area contributed by atoms with E-state index in [4.69, 9.17) is 0 Å². The van der Waals surface area contributed by atoms with Crippen molar-refractivity contribution in [2.75, 3.05) is 36.4 Å². The summed E-state index contributed by atoms with van der Waals surface area (Å²) in [6, 6.07) is 5.99. The number of carbonyl (C=O) groups excluding carboxylic acids is 1. The van der Waals surface area contributed by atoms with Gasteiger partial charge in [-0.05, 0) is 49.4 Å². The Morgan fingerprint density at radius 3 is 2.72 bits per heavy atom. The third-order valence-electron chi connectivity index (χ3n) is 4.69. The van der Waals surface area contributed by atoms with E-state index in [2.05, 4.69) is 26.6 Å². The molecule has 1 aliphatic heterocycles. The molecule has 3 heterocycles. The van der Waals surface area contributed by atoms with Gasteiger partial charge in [0.2, 0.25) is 0 Å². The van der Waals surface area contributed by atoms with Gasteiger partial charge in [-0.3, -0.25) is 4.79 Å². The highest BCUT2D eigenvalue weighted by Crippen LogP contribution is 2.30. The van der Waals surface area contributed by atoms with Crippen molar-refractivity contribution in [1.82, 2.24) is 10.3 Å². The van der Waals surface area contributed by atoms with Crippen LogP contribution in [0, 0.1) is 0 Å². The Balaban J connectivity index is 0.00000182. The highest BCUT2D eigenvalue weighted by atomic mass is 35.5. The van der Waals surface area contributed by atoms with Crippen molar-refractivity contribution in [3.8, 4) is 0 Å². The number of halogens is 1. The average Bonchev–Trinajstić information content (AvgIpc) is 3.07. The van der Waals surface area contributed by atoms with Crippen LogP contribution in [0.3, 0.4) is 0 Å². The normalized spacial score (nSPS) is 16.7. The molecule has 0 unspecified atom stereocenters. The first-order valence-electron chi connectivity index (χ1n) is 8.64. The van der Waals surface area contributed by atoms with Crippen LogP contribution in [0.4, 0.5) is 11.5 Å². The first-order valence-corrected chi connectivity index (χ1v) is 9.46. The molecule has 1 aliphatic carbocycles. The zero-order valence-corrected chi connectivity index (χ0v) is 15.7. The van der Waals surface area contributed by atoms with E-state index in [9.17, 15) is 4.79 Å². The molecule has 5 nitrogen and oxygen atoms in total. The van der Waals surface area contributed by atoms with E-state index in [1.54, 1.807) is 11.3 Å². The highest BCUT2D eigenvalue weighted by molar-refractivity contribution is 7.14. The van der Waals surface area contributed by atoms with Crippen molar-refractivity contribution in [2.24, 2.45) is 0 Å². The van der Waals surface area contributed by atoms with Gasteiger partial charge in [0.25, 0.3) is 5.91 Å². The molecule has 2 N–H and O–H groups in total. The summed E-state index contributed by atoms with van der Waals surface area (Å²) >= 11 is 1.63. The fourth-order valence-electron chi connectivity index (χ4n) is 3.35. The molecule has 1 saturated heterocycles. The van der Waals surface area contributed by atoms with Crippen LogP contribution in [0.5, 0.6) is 0 Å². The summed E-state index contributed by atoms with van der Waals surface area (Å²) in [5.74, 6) is 0.571. The van der Waals surface area contributed by atoms with E-state index in [1.807, 2.05) is 18.3 Å². The molecular formula is C18H23ClN4OS. The maximum absolute atomic E-state index is 12.5. The Hall–Kier alpha value is -1.63. The average molecular weight is 379 g/mol. The monoisotopic (exact) mass is 378 g/mol. The number of anilines is 2. The zero-order valence-electron chi connectivity index (χ0n) is 14.1. The fourth-order valence-corrected chi connectivity index (χ4v) is 4.50. The third kappa shape index (κ3) is 4.14. The molecule has 2 aliphatic rings. The third-order valence-corrected chi connectivity index (χ3v) is 5.93. The molecule has 2 aromatic heterocycles. The first kappa shape index (κ1) is 18.2. The summed E-state index contributed by atoms with van der Waals surface area (Å²) in [5, 5.41) is 6.27. The maximum Gasteiger partial charge on any atom is 0.266 e. The van der Waals surface area contributed by atoms with E-state index in [1.165, 1.54) is 23.3 Å². The van der Waals surface area contributed by atoms with Gasteiger partial charge in [-0.15, -0.1) is 23.7 Å². The van der Waals surface area contributed by atoms with Gasteiger partial charge in [-0.2, -0.15) is 0 Å². The Labute approximate surface area is 158 Å². The van der Waals surface area contributed by atoms with Gasteiger partial charge in [0.05, 0.1) is 16.8 Å². The Kier molecular flexibility index (Phi) is 5.93. The van der Waals surface area contributed by atoms with Crippen LogP contribution >= 0.6 is 23.7 Å². The van der Waals surface area contributed by atoms with Crippen molar-refractivity contribution < 1.29 is 4.79 Å². The number of amides is 1. The van der Waals surface area contributed by atoms with Gasteiger partial charge in [-0.1, -0.05) is 0 Å². The number of nitrogens with zero attached hydrogens (tertiary/aromatic N) is 2. The number of hydrogen-bond donors (Lipinski definition) is 2. The van der Waals surface area contributed by atoms with Gasteiger partial charge in [0, 0.05) is 31.1 Å². The minimum absolute atomic E-state index is 0. The number of fused-ring (bicyclic) bond motifs is 1. The number of rotatable bonds is 3. The summed E-state index contributed by atoms with van der Waals surface area (Å²) in [4.78, 5) is 21.4. The molecule has 0 atom stereocenters. The molecule has 7 heteroatoms. The van der Waals surface area contributed by atoms with Crippen LogP contribution in [0.1, 0.15) is 33.0 Å². The zero-order chi connectivity index (χ0) is 16.4. The molecule has 0 spiro atoms. The lowest BCUT2D eigenvalue weighted by Crippen LogP contribution is -2.43. The van der Waals surface area contributed by atoms with Crippen LogP contribution in [0.15, 0.2) is 24.4 Å². The second-order valence-electron chi connectivity index (χ2n) is 6.36. The predicted molar refractivity (Wildman–Crippen MR) is 105 cm³/mol. The molecular weight excluding hydrogens is 356 g/mol. The number of aromatic nitrogens is 1. The molecule has 1 fully saturated rings. The summed E-state index contributed by atoms with van der Waals surface area (Å²) in [5.41, 5.74) is 2.47. The number of nitrogens with one attached hydrogen (secondary N) is 2. The van der Waals surface area contributed by atoms with Crippen LogP contribution in [-0.4, -0.2) is 37.1 Å². The molecule has 0 radical (unpaired) electrons. The summed E-state index contributed by atoms with van der Waals surface area (Å²) in [7, 11) is 0. The van der Waals surface area contributed by atoms with Crippen LogP contribution in [0.25, 0.3) is 0 Å². The second kappa shape index (κ2) is 8.17. The molecule has 25 heavy (non-hydrogen) atoms. The van der Waals surface area contributed by atoms with Crippen molar-refractivity contribution >= 4 is 41.2 Å². The van der Waals surface area contributed by atoms with Gasteiger partial charge in [-0.25, -0.2) is 4.98 Å². The van der Waals surface area contributed by atoms with Crippen molar-refractivity contribution in [2.45, 2.75) is 25.7 Å². The molecule has 0 saturated carbocycles. The second-order valence-corrected chi connectivity index (χ2v) is 7.50. The molecule has 1 amide bonds. The standard InChI is InChI=1S/C18H22N4OS.ClH/c23-18(16-11-13-3-1-2-4-15(13)24-16)21-17-6-5-14(12-20-17)22-9-7-19-8-10-22;/h5-6,11-12,19H,1-4,7-10H2,(H,20,21,23);1H. The van der Waals surface area contributed by atoms with E-state index in [-0.39, 0.29) is 18.3 Å². The minimum Gasteiger partial charge on any atom is -0.368 e. The van der Waals surface area contributed by atoms with E-state index >= 15 is 0 Å². The summed E-state index contributed by atoms with van der Waals surface area (Å²) in [6.45, 7) is 3.99. The quantitative estimate of drug-likeness (QED) is 0.861. The first-order chi connectivity index (χ1) is 11.8. The Bertz CT molecular complexity index is 702.